The number of likely N-dealkylation sites (tertiary alicyclic amines) is 1. The van der Waals surface area contributed by atoms with Gasteiger partial charge in [-0.05, 0) is 49.0 Å². The van der Waals surface area contributed by atoms with Crippen LogP contribution in [0, 0.1) is 16.7 Å². The summed E-state index contributed by atoms with van der Waals surface area (Å²) in [5, 5.41) is 0. The van der Waals surface area contributed by atoms with Gasteiger partial charge in [0.2, 0.25) is 0 Å². The molecule has 2 unspecified atom stereocenters. The van der Waals surface area contributed by atoms with E-state index in [2.05, 4.69) is 39.5 Å². The number of nitrogens with two attached hydrogens (primary N) is 1. The minimum absolute atomic E-state index is 0.155. The van der Waals surface area contributed by atoms with Gasteiger partial charge < -0.3 is 10.5 Å². The summed E-state index contributed by atoms with van der Waals surface area (Å²) in [6.45, 7) is 15.0. The maximum Gasteiger partial charge on any atom is 0.0724 e. The largest absolute Gasteiger partial charge is 0.380 e. The summed E-state index contributed by atoms with van der Waals surface area (Å²) in [6, 6.07) is 0. The number of rotatable bonds is 3. The molecule has 3 heteroatoms. The highest BCUT2D eigenvalue weighted by molar-refractivity contribution is 5.05. The van der Waals surface area contributed by atoms with E-state index in [4.69, 9.17) is 10.5 Å². The molecule has 2 fully saturated rings. The third kappa shape index (κ3) is 3.62. The fourth-order valence-corrected chi connectivity index (χ4v) is 5.53. The molecule has 0 bridgehead atoms. The van der Waals surface area contributed by atoms with Crippen molar-refractivity contribution in [1.29, 1.82) is 0 Å². The number of ether oxygens (including phenoxy) is 1. The average Bonchev–Trinajstić information content (AvgIpc) is 2.35. The van der Waals surface area contributed by atoms with Crippen LogP contribution in [0.2, 0.25) is 0 Å². The van der Waals surface area contributed by atoms with Crippen molar-refractivity contribution >= 4 is 0 Å². The lowest BCUT2D eigenvalue weighted by molar-refractivity contribution is -0.0925. The molecule has 2 atom stereocenters. The van der Waals surface area contributed by atoms with Crippen LogP contribution in [0.5, 0.6) is 0 Å². The summed E-state index contributed by atoms with van der Waals surface area (Å²) in [5.74, 6) is 0.658. The minimum atomic E-state index is 0.155. The Labute approximate surface area is 131 Å². The molecule has 2 rings (SSSR count). The normalized spacial score (nSPS) is 35.6. The smallest absolute Gasteiger partial charge is 0.0724 e. The van der Waals surface area contributed by atoms with Crippen LogP contribution < -0.4 is 5.73 Å². The molecule has 1 aliphatic heterocycles. The van der Waals surface area contributed by atoms with E-state index in [-0.39, 0.29) is 5.54 Å². The van der Waals surface area contributed by atoms with Gasteiger partial charge in [-0.15, -0.1) is 0 Å². The van der Waals surface area contributed by atoms with E-state index in [1.807, 2.05) is 7.11 Å². The van der Waals surface area contributed by atoms with Gasteiger partial charge >= 0.3 is 0 Å². The number of piperidine rings is 1. The molecule has 2 N–H and O–H groups in total. The second-order valence-corrected chi connectivity index (χ2v) is 9.27. The number of hydrogen-bond acceptors (Lipinski definition) is 3. The van der Waals surface area contributed by atoms with E-state index in [0.717, 1.165) is 13.1 Å². The lowest BCUT2D eigenvalue weighted by Crippen LogP contribution is -2.64. The Balaban J connectivity index is 2.24. The summed E-state index contributed by atoms with van der Waals surface area (Å²) >= 11 is 0. The van der Waals surface area contributed by atoms with E-state index >= 15 is 0 Å². The molecular weight excluding hydrogens is 260 g/mol. The summed E-state index contributed by atoms with van der Waals surface area (Å²) in [5.41, 5.74) is 7.24. The molecule has 0 spiro atoms. The molecule has 0 amide bonds. The molecule has 0 aromatic heterocycles. The zero-order valence-electron chi connectivity index (χ0n) is 15.0. The van der Waals surface area contributed by atoms with Crippen LogP contribution in [0.1, 0.15) is 60.3 Å². The van der Waals surface area contributed by atoms with Crippen LogP contribution >= 0.6 is 0 Å². The van der Waals surface area contributed by atoms with E-state index in [0.29, 0.717) is 22.9 Å². The SMILES string of the molecule is COC1CN(C2(CN)CC(C)(C)CC(C)(C)C2)CCC1C. The summed E-state index contributed by atoms with van der Waals surface area (Å²) in [7, 11) is 1.86. The van der Waals surface area contributed by atoms with Gasteiger partial charge in [-0.2, -0.15) is 0 Å². The third-order valence-electron chi connectivity index (χ3n) is 5.82. The first-order chi connectivity index (χ1) is 9.63. The average molecular weight is 296 g/mol. The van der Waals surface area contributed by atoms with Crippen LogP contribution in [0.25, 0.3) is 0 Å². The summed E-state index contributed by atoms with van der Waals surface area (Å²) in [4.78, 5) is 2.67. The maximum absolute atomic E-state index is 6.35. The van der Waals surface area contributed by atoms with E-state index in [9.17, 15) is 0 Å². The zero-order valence-corrected chi connectivity index (χ0v) is 15.0. The first kappa shape index (κ1) is 17.2. The molecule has 3 nitrogen and oxygen atoms in total. The maximum atomic E-state index is 6.35. The minimum Gasteiger partial charge on any atom is -0.380 e. The number of nitrogens with zero attached hydrogens (tertiary/aromatic N) is 1. The van der Waals surface area contributed by atoms with E-state index in [1.165, 1.54) is 32.2 Å². The Hall–Kier alpha value is -0.120. The van der Waals surface area contributed by atoms with Crippen molar-refractivity contribution in [1.82, 2.24) is 4.90 Å². The van der Waals surface area contributed by atoms with Gasteiger partial charge in [-0.3, -0.25) is 4.90 Å². The molecule has 0 aromatic rings. The molecule has 0 radical (unpaired) electrons. The fourth-order valence-electron chi connectivity index (χ4n) is 5.53. The highest BCUT2D eigenvalue weighted by Crippen LogP contribution is 2.52. The molecule has 2 aliphatic rings. The Morgan fingerprint density at radius 3 is 2.14 bits per heavy atom. The first-order valence-corrected chi connectivity index (χ1v) is 8.61. The van der Waals surface area contributed by atoms with Crippen LogP contribution in [0.3, 0.4) is 0 Å². The third-order valence-corrected chi connectivity index (χ3v) is 5.82. The molecule has 1 aliphatic carbocycles. The first-order valence-electron chi connectivity index (χ1n) is 8.61. The predicted octanol–water partition coefficient (Wildman–Crippen LogP) is 3.28. The molecule has 0 aromatic carbocycles. The van der Waals surface area contributed by atoms with Gasteiger partial charge in [-0.1, -0.05) is 34.6 Å². The second-order valence-electron chi connectivity index (χ2n) is 9.27. The van der Waals surface area contributed by atoms with Crippen LogP contribution in [0.15, 0.2) is 0 Å². The van der Waals surface area contributed by atoms with Crippen LogP contribution in [-0.4, -0.2) is 43.3 Å². The fraction of sp³-hybridized carbons (Fsp3) is 1.00. The van der Waals surface area contributed by atoms with Crippen molar-refractivity contribution in [2.75, 3.05) is 26.7 Å². The summed E-state index contributed by atoms with van der Waals surface area (Å²) < 4.78 is 5.74. The molecule has 1 saturated carbocycles. The Kier molecular flexibility index (Phi) is 4.78. The second kappa shape index (κ2) is 5.82. The van der Waals surface area contributed by atoms with Gasteiger partial charge in [0.15, 0.2) is 0 Å². The monoisotopic (exact) mass is 296 g/mol. The number of hydrogen-bond donors (Lipinski definition) is 1. The van der Waals surface area contributed by atoms with Gasteiger partial charge in [0.05, 0.1) is 6.10 Å². The van der Waals surface area contributed by atoms with Crippen molar-refractivity contribution in [2.45, 2.75) is 71.9 Å². The van der Waals surface area contributed by atoms with Crippen LogP contribution in [0.4, 0.5) is 0 Å². The van der Waals surface area contributed by atoms with E-state index in [1.54, 1.807) is 0 Å². The standard InChI is InChI=1S/C18H36N2O/c1-14-7-8-20(9-15(14)21-6)18(13-19)11-16(2,3)10-17(4,5)12-18/h14-15H,7-13,19H2,1-6H3. The van der Waals surface area contributed by atoms with Gasteiger partial charge in [0.1, 0.15) is 0 Å². The predicted molar refractivity (Wildman–Crippen MR) is 89.3 cm³/mol. The highest BCUT2D eigenvalue weighted by Gasteiger charge is 2.50. The summed E-state index contributed by atoms with van der Waals surface area (Å²) in [6.07, 6.45) is 5.30. The molecule has 124 valence electrons. The molecule has 21 heavy (non-hydrogen) atoms. The number of methoxy groups -OCH3 is 1. The lowest BCUT2D eigenvalue weighted by Gasteiger charge is -2.58. The quantitative estimate of drug-likeness (QED) is 0.868. The van der Waals surface area contributed by atoms with Crippen molar-refractivity contribution < 1.29 is 4.74 Å². The molecule has 1 saturated heterocycles. The molecular formula is C18H36N2O. The zero-order chi connectivity index (χ0) is 15.9. The van der Waals surface area contributed by atoms with Crippen molar-refractivity contribution in [3.63, 3.8) is 0 Å². The van der Waals surface area contributed by atoms with Crippen LogP contribution in [-0.2, 0) is 4.74 Å². The van der Waals surface area contributed by atoms with Crippen molar-refractivity contribution in [3.05, 3.63) is 0 Å². The Morgan fingerprint density at radius 1 is 1.10 bits per heavy atom. The topological polar surface area (TPSA) is 38.5 Å². The highest BCUT2D eigenvalue weighted by atomic mass is 16.5. The van der Waals surface area contributed by atoms with Gasteiger partial charge in [0.25, 0.3) is 0 Å². The van der Waals surface area contributed by atoms with E-state index < -0.39 is 0 Å². The van der Waals surface area contributed by atoms with Gasteiger partial charge in [-0.25, -0.2) is 0 Å². The Bertz CT molecular complexity index is 348. The van der Waals surface area contributed by atoms with Gasteiger partial charge in [0, 0.05) is 25.7 Å². The van der Waals surface area contributed by atoms with Crippen molar-refractivity contribution in [3.8, 4) is 0 Å². The van der Waals surface area contributed by atoms with Crippen molar-refractivity contribution in [2.24, 2.45) is 22.5 Å². The lowest BCUT2D eigenvalue weighted by atomic mass is 9.57. The molecule has 1 heterocycles. The Morgan fingerprint density at radius 2 is 1.67 bits per heavy atom.